The van der Waals surface area contributed by atoms with E-state index in [9.17, 15) is 9.59 Å². The van der Waals surface area contributed by atoms with Gasteiger partial charge in [-0.25, -0.2) is 4.79 Å². The minimum Gasteiger partial charge on any atom is -0.480 e. The molecule has 1 heterocycles. The van der Waals surface area contributed by atoms with E-state index in [4.69, 9.17) is 10.5 Å². The van der Waals surface area contributed by atoms with Gasteiger partial charge in [0.05, 0.1) is 0 Å². The minimum absolute atomic E-state index is 0.144. The van der Waals surface area contributed by atoms with E-state index < -0.39 is 17.4 Å². The third-order valence-electron chi connectivity index (χ3n) is 3.28. The highest BCUT2D eigenvalue weighted by Crippen LogP contribution is 2.18. The van der Waals surface area contributed by atoms with Gasteiger partial charge in [-0.15, -0.1) is 0 Å². The number of aromatic amines is 1. The second-order valence-electron chi connectivity index (χ2n) is 5.40. The number of rotatable bonds is 5. The van der Waals surface area contributed by atoms with Gasteiger partial charge in [-0.2, -0.15) is 0 Å². The normalized spacial score (nSPS) is 11.3. The number of carboxylic acid groups (broad SMARTS) is 1. The summed E-state index contributed by atoms with van der Waals surface area (Å²) in [5.74, 6) is -1.82. The number of aromatic nitrogens is 1. The Labute approximate surface area is 121 Å². The second kappa shape index (κ2) is 5.40. The Hall–Kier alpha value is -2.63. The molecule has 0 aliphatic carbocycles. The van der Waals surface area contributed by atoms with Gasteiger partial charge in [-0.3, -0.25) is 10.2 Å². The Balaban J connectivity index is 2.11. The van der Waals surface area contributed by atoms with E-state index in [1.165, 1.54) is 13.8 Å². The lowest BCUT2D eigenvalue weighted by Gasteiger charge is -2.21. The number of H-pyrrole nitrogens is 1. The van der Waals surface area contributed by atoms with Crippen molar-refractivity contribution < 1.29 is 14.7 Å². The van der Waals surface area contributed by atoms with Gasteiger partial charge in [0.2, 0.25) is 0 Å². The molecule has 0 spiro atoms. The topological polar surface area (TPSA) is 106 Å². The summed E-state index contributed by atoms with van der Waals surface area (Å²) in [6, 6.07) is 7.61. The molecule has 0 radical (unpaired) electrons. The molecule has 0 aliphatic heterocycles. The summed E-state index contributed by atoms with van der Waals surface area (Å²) < 4.78 is 0. The molecule has 2 rings (SSSR count). The molecule has 6 heteroatoms. The van der Waals surface area contributed by atoms with Crippen molar-refractivity contribution in [2.75, 3.05) is 0 Å². The molecule has 1 aromatic heterocycles. The highest BCUT2D eigenvalue weighted by atomic mass is 16.4. The predicted molar refractivity (Wildman–Crippen MR) is 79.6 cm³/mol. The molecule has 0 atom stereocenters. The highest BCUT2D eigenvalue weighted by Gasteiger charge is 2.30. The van der Waals surface area contributed by atoms with Crippen LogP contribution >= 0.6 is 0 Å². The summed E-state index contributed by atoms with van der Waals surface area (Å²) in [7, 11) is 0. The Kier molecular flexibility index (Phi) is 3.80. The number of benzene rings is 1. The van der Waals surface area contributed by atoms with E-state index in [2.05, 4.69) is 10.3 Å². The lowest BCUT2D eigenvalue weighted by Crippen LogP contribution is -2.51. The van der Waals surface area contributed by atoms with Gasteiger partial charge in [0.1, 0.15) is 11.3 Å². The third kappa shape index (κ3) is 3.10. The second-order valence-corrected chi connectivity index (χ2v) is 5.40. The van der Waals surface area contributed by atoms with Crippen LogP contribution in [-0.4, -0.2) is 33.2 Å². The average Bonchev–Trinajstić information content (AvgIpc) is 2.81. The summed E-state index contributed by atoms with van der Waals surface area (Å²) in [5, 5.41) is 20.1. The van der Waals surface area contributed by atoms with Crippen LogP contribution in [0, 0.1) is 5.41 Å². The van der Waals surface area contributed by atoms with Crippen LogP contribution in [0.3, 0.4) is 0 Å². The first-order valence-electron chi connectivity index (χ1n) is 6.49. The van der Waals surface area contributed by atoms with Gasteiger partial charge in [0, 0.05) is 23.5 Å². The maximum Gasteiger partial charge on any atom is 0.328 e. The van der Waals surface area contributed by atoms with Crippen molar-refractivity contribution in [1.29, 1.82) is 5.41 Å². The number of para-hydroxylation sites is 1. The molecule has 1 amide bonds. The fraction of sp³-hybridized carbons (Fsp3) is 0.267. The Morgan fingerprint density at radius 1 is 1.33 bits per heavy atom. The molecule has 0 bridgehead atoms. The number of fused-ring (bicyclic) bond motifs is 1. The number of nitrogens with one attached hydrogen (secondary N) is 3. The smallest absolute Gasteiger partial charge is 0.328 e. The highest BCUT2D eigenvalue weighted by molar-refractivity contribution is 6.38. The van der Waals surface area contributed by atoms with E-state index in [-0.39, 0.29) is 12.1 Å². The van der Waals surface area contributed by atoms with Crippen LogP contribution in [0.2, 0.25) is 0 Å². The average molecular weight is 287 g/mol. The Bertz CT molecular complexity index is 716. The monoisotopic (exact) mass is 287 g/mol. The quantitative estimate of drug-likeness (QED) is 0.629. The van der Waals surface area contributed by atoms with Crippen LogP contribution in [-0.2, 0) is 16.0 Å². The van der Waals surface area contributed by atoms with E-state index in [1.54, 1.807) is 6.20 Å². The molecule has 0 aliphatic rings. The van der Waals surface area contributed by atoms with Crippen molar-refractivity contribution in [2.24, 2.45) is 0 Å². The molecule has 0 saturated carbocycles. The fourth-order valence-electron chi connectivity index (χ4n) is 1.96. The van der Waals surface area contributed by atoms with Crippen molar-refractivity contribution in [3.05, 3.63) is 36.0 Å². The molecule has 0 fully saturated rings. The maximum atomic E-state index is 11.9. The van der Waals surface area contributed by atoms with E-state index in [1.807, 2.05) is 24.3 Å². The van der Waals surface area contributed by atoms with Crippen molar-refractivity contribution in [1.82, 2.24) is 10.3 Å². The van der Waals surface area contributed by atoms with E-state index in [0.717, 1.165) is 16.5 Å². The third-order valence-corrected chi connectivity index (χ3v) is 3.28. The summed E-state index contributed by atoms with van der Waals surface area (Å²) in [4.78, 5) is 26.0. The first-order chi connectivity index (χ1) is 9.81. The molecule has 1 aromatic carbocycles. The van der Waals surface area contributed by atoms with E-state index in [0.29, 0.717) is 0 Å². The SMILES string of the molecule is CC(C)(NC(=O)C(=N)Cc1c[nH]c2ccccc12)C(=O)O. The summed E-state index contributed by atoms with van der Waals surface area (Å²) >= 11 is 0. The summed E-state index contributed by atoms with van der Waals surface area (Å²) in [6.45, 7) is 2.76. The van der Waals surface area contributed by atoms with Crippen molar-refractivity contribution in [3.63, 3.8) is 0 Å². The van der Waals surface area contributed by atoms with Gasteiger partial charge < -0.3 is 15.4 Å². The molecule has 2 aromatic rings. The minimum atomic E-state index is -1.40. The lowest BCUT2D eigenvalue weighted by atomic mass is 10.0. The van der Waals surface area contributed by atoms with Crippen molar-refractivity contribution in [3.8, 4) is 0 Å². The fourth-order valence-corrected chi connectivity index (χ4v) is 1.96. The predicted octanol–water partition coefficient (Wildman–Crippen LogP) is 1.71. The van der Waals surface area contributed by atoms with Gasteiger partial charge in [-0.1, -0.05) is 18.2 Å². The Morgan fingerprint density at radius 3 is 2.67 bits per heavy atom. The first-order valence-corrected chi connectivity index (χ1v) is 6.49. The van der Waals surface area contributed by atoms with Gasteiger partial charge >= 0.3 is 5.97 Å². The van der Waals surface area contributed by atoms with Crippen LogP contribution in [0.15, 0.2) is 30.5 Å². The maximum absolute atomic E-state index is 11.9. The molecule has 6 nitrogen and oxygen atoms in total. The standard InChI is InChI=1S/C15H17N3O3/c1-15(2,14(20)21)18-13(19)11(16)7-9-8-17-12-6-4-3-5-10(9)12/h3-6,8,16-17H,7H2,1-2H3,(H,18,19)(H,20,21). The Morgan fingerprint density at radius 2 is 2.00 bits per heavy atom. The molecule has 0 unspecified atom stereocenters. The van der Waals surface area contributed by atoms with Crippen LogP contribution in [0.5, 0.6) is 0 Å². The molecule has 21 heavy (non-hydrogen) atoms. The molecular formula is C15H17N3O3. The van der Waals surface area contributed by atoms with Crippen molar-refractivity contribution >= 4 is 28.5 Å². The molecule has 0 saturated heterocycles. The lowest BCUT2D eigenvalue weighted by molar-refractivity contribution is -0.145. The molecule has 110 valence electrons. The number of carboxylic acids is 1. The number of hydrogen-bond acceptors (Lipinski definition) is 3. The molecular weight excluding hydrogens is 270 g/mol. The number of carbonyl (C=O) groups is 2. The van der Waals surface area contributed by atoms with Crippen LogP contribution in [0.25, 0.3) is 10.9 Å². The van der Waals surface area contributed by atoms with Crippen LogP contribution < -0.4 is 5.32 Å². The van der Waals surface area contributed by atoms with Crippen LogP contribution in [0.1, 0.15) is 19.4 Å². The van der Waals surface area contributed by atoms with Crippen molar-refractivity contribution in [2.45, 2.75) is 25.8 Å². The van der Waals surface area contributed by atoms with Crippen LogP contribution in [0.4, 0.5) is 0 Å². The zero-order valence-corrected chi connectivity index (χ0v) is 11.9. The number of amides is 1. The van der Waals surface area contributed by atoms with E-state index >= 15 is 0 Å². The largest absolute Gasteiger partial charge is 0.480 e. The zero-order valence-electron chi connectivity index (χ0n) is 11.9. The van der Waals surface area contributed by atoms with Gasteiger partial charge in [-0.05, 0) is 25.5 Å². The number of carbonyl (C=O) groups excluding carboxylic acids is 1. The number of hydrogen-bond donors (Lipinski definition) is 4. The number of aliphatic carboxylic acids is 1. The van der Waals surface area contributed by atoms with Gasteiger partial charge in [0.15, 0.2) is 0 Å². The zero-order chi connectivity index (χ0) is 15.6. The first kappa shape index (κ1) is 14.8. The summed E-state index contributed by atoms with van der Waals surface area (Å²) in [5.41, 5.74) is 0.198. The summed E-state index contributed by atoms with van der Waals surface area (Å²) in [6.07, 6.45) is 1.90. The molecule has 4 N–H and O–H groups in total. The van der Waals surface area contributed by atoms with Gasteiger partial charge in [0.25, 0.3) is 5.91 Å².